The highest BCUT2D eigenvalue weighted by Gasteiger charge is 2.32. The van der Waals surface area contributed by atoms with E-state index in [0.29, 0.717) is 12.2 Å². The monoisotopic (exact) mass is 361 g/mol. The molecule has 0 aromatic carbocycles. The van der Waals surface area contributed by atoms with Gasteiger partial charge in [0.25, 0.3) is 5.56 Å². The fraction of sp³-hybridized carbons (Fsp3) is 0.263. The van der Waals surface area contributed by atoms with E-state index in [1.807, 2.05) is 31.2 Å². The standard InChI is InChI=1S/C19H19N7O/c1-12-8-16-23-13(9-17(27)26(16)24-12)10-25-7-5-14-18(22-11-21-14)19(25)15-4-2-3-6-20-15/h2-4,6,8-9,11,19,24H,5,7,10H2,1H3,(H,21,22)/t19-/m0/s1. The number of aromatic amines is 2. The average molecular weight is 361 g/mol. The van der Waals surface area contributed by atoms with E-state index in [-0.39, 0.29) is 11.6 Å². The average Bonchev–Trinajstić information content (AvgIpc) is 3.28. The van der Waals surface area contributed by atoms with E-state index in [1.165, 1.54) is 4.52 Å². The Morgan fingerprint density at radius 3 is 3.04 bits per heavy atom. The Bertz CT molecular complexity index is 1160. The molecule has 1 aliphatic rings. The fourth-order valence-corrected chi connectivity index (χ4v) is 3.81. The van der Waals surface area contributed by atoms with Gasteiger partial charge in [0.05, 0.1) is 29.5 Å². The van der Waals surface area contributed by atoms with E-state index < -0.39 is 0 Å². The molecule has 4 aromatic heterocycles. The van der Waals surface area contributed by atoms with Gasteiger partial charge in [-0.2, -0.15) is 0 Å². The van der Waals surface area contributed by atoms with Gasteiger partial charge >= 0.3 is 0 Å². The second-order valence-corrected chi connectivity index (χ2v) is 6.86. The summed E-state index contributed by atoms with van der Waals surface area (Å²) >= 11 is 0. The zero-order valence-electron chi connectivity index (χ0n) is 14.9. The Morgan fingerprint density at radius 2 is 2.19 bits per heavy atom. The summed E-state index contributed by atoms with van der Waals surface area (Å²) in [5.74, 6) is 0. The van der Waals surface area contributed by atoms with E-state index in [2.05, 4.69) is 29.9 Å². The van der Waals surface area contributed by atoms with Gasteiger partial charge in [-0.25, -0.2) is 14.5 Å². The van der Waals surface area contributed by atoms with Crippen LogP contribution in [0.3, 0.4) is 0 Å². The number of pyridine rings is 1. The van der Waals surface area contributed by atoms with Crippen molar-refractivity contribution in [2.24, 2.45) is 0 Å². The first-order valence-corrected chi connectivity index (χ1v) is 8.94. The van der Waals surface area contributed by atoms with Crippen LogP contribution in [0.1, 0.15) is 34.5 Å². The molecule has 0 aliphatic carbocycles. The summed E-state index contributed by atoms with van der Waals surface area (Å²) in [4.78, 5) is 31.7. The van der Waals surface area contributed by atoms with Crippen LogP contribution in [-0.2, 0) is 13.0 Å². The third-order valence-corrected chi connectivity index (χ3v) is 4.99. The van der Waals surface area contributed by atoms with Crippen LogP contribution < -0.4 is 5.56 Å². The number of rotatable bonds is 3. The van der Waals surface area contributed by atoms with Gasteiger partial charge in [0.2, 0.25) is 0 Å². The van der Waals surface area contributed by atoms with Crippen molar-refractivity contribution in [3.8, 4) is 0 Å². The smallest absolute Gasteiger partial charge is 0.272 e. The first-order chi connectivity index (χ1) is 13.2. The maximum Gasteiger partial charge on any atom is 0.272 e. The lowest BCUT2D eigenvalue weighted by atomic mass is 9.99. The Labute approximate surface area is 154 Å². The molecule has 4 aromatic rings. The third kappa shape index (κ3) is 2.74. The minimum atomic E-state index is -0.102. The highest BCUT2D eigenvalue weighted by Crippen LogP contribution is 2.32. The Morgan fingerprint density at radius 1 is 1.26 bits per heavy atom. The van der Waals surface area contributed by atoms with Crippen LogP contribution in [0.15, 0.2) is 47.7 Å². The SMILES string of the molecule is Cc1cc2nc(CN3CCc4[nH]cnc4[C@@H]3c3ccccn3)cc(=O)n2[nH]1. The van der Waals surface area contributed by atoms with Crippen LogP contribution in [0.2, 0.25) is 0 Å². The molecule has 0 radical (unpaired) electrons. The Balaban J connectivity index is 1.55. The number of hydrogen-bond acceptors (Lipinski definition) is 5. The molecule has 8 nitrogen and oxygen atoms in total. The number of hydrogen-bond donors (Lipinski definition) is 2. The van der Waals surface area contributed by atoms with Crippen LogP contribution in [0.4, 0.5) is 0 Å². The predicted molar refractivity (Wildman–Crippen MR) is 99.3 cm³/mol. The van der Waals surface area contributed by atoms with Gasteiger partial charge < -0.3 is 4.98 Å². The number of aryl methyl sites for hydroxylation is 1. The quantitative estimate of drug-likeness (QED) is 0.578. The van der Waals surface area contributed by atoms with Crippen LogP contribution in [0.5, 0.6) is 0 Å². The number of aromatic nitrogens is 6. The van der Waals surface area contributed by atoms with Gasteiger partial charge in [-0.05, 0) is 19.1 Å². The molecule has 0 bridgehead atoms. The number of imidazole rings is 1. The summed E-state index contributed by atoms with van der Waals surface area (Å²) < 4.78 is 1.47. The van der Waals surface area contributed by atoms with E-state index in [4.69, 9.17) is 0 Å². The molecular formula is C19H19N7O. The second kappa shape index (κ2) is 6.17. The largest absolute Gasteiger partial charge is 0.348 e. The zero-order valence-corrected chi connectivity index (χ0v) is 14.9. The van der Waals surface area contributed by atoms with Crippen molar-refractivity contribution in [2.45, 2.75) is 25.9 Å². The van der Waals surface area contributed by atoms with Gasteiger partial charge in [0, 0.05) is 49.2 Å². The zero-order chi connectivity index (χ0) is 18.4. The first-order valence-electron chi connectivity index (χ1n) is 8.94. The molecule has 0 amide bonds. The molecule has 2 N–H and O–H groups in total. The van der Waals surface area contributed by atoms with Crippen molar-refractivity contribution in [2.75, 3.05) is 6.54 Å². The first kappa shape index (κ1) is 16.0. The number of fused-ring (bicyclic) bond motifs is 2. The fourth-order valence-electron chi connectivity index (χ4n) is 3.81. The van der Waals surface area contributed by atoms with Gasteiger partial charge in [0.1, 0.15) is 0 Å². The maximum absolute atomic E-state index is 12.4. The molecular weight excluding hydrogens is 342 g/mol. The number of H-pyrrole nitrogens is 2. The molecule has 1 aliphatic heterocycles. The van der Waals surface area contributed by atoms with Crippen LogP contribution in [0.25, 0.3) is 5.65 Å². The number of nitrogens with zero attached hydrogens (tertiary/aromatic N) is 5. The van der Waals surface area contributed by atoms with Crippen molar-refractivity contribution >= 4 is 5.65 Å². The molecule has 0 saturated heterocycles. The van der Waals surface area contributed by atoms with Crippen LogP contribution >= 0.6 is 0 Å². The molecule has 0 saturated carbocycles. The lowest BCUT2D eigenvalue weighted by Gasteiger charge is -2.34. The summed E-state index contributed by atoms with van der Waals surface area (Å²) in [5.41, 5.74) is 5.28. The third-order valence-electron chi connectivity index (χ3n) is 4.99. The van der Waals surface area contributed by atoms with Crippen molar-refractivity contribution in [1.82, 2.24) is 34.4 Å². The summed E-state index contributed by atoms with van der Waals surface area (Å²) in [7, 11) is 0. The van der Waals surface area contributed by atoms with Crippen LogP contribution in [-0.4, -0.2) is 41.0 Å². The van der Waals surface area contributed by atoms with E-state index in [0.717, 1.165) is 41.4 Å². The molecule has 5 rings (SSSR count). The summed E-state index contributed by atoms with van der Waals surface area (Å²) in [6.45, 7) is 3.31. The van der Waals surface area contributed by atoms with Gasteiger partial charge in [-0.3, -0.25) is 19.8 Å². The molecule has 27 heavy (non-hydrogen) atoms. The van der Waals surface area contributed by atoms with Gasteiger partial charge in [0.15, 0.2) is 5.65 Å². The second-order valence-electron chi connectivity index (χ2n) is 6.86. The van der Waals surface area contributed by atoms with E-state index >= 15 is 0 Å². The van der Waals surface area contributed by atoms with Crippen molar-refractivity contribution in [1.29, 1.82) is 0 Å². The molecule has 8 heteroatoms. The molecule has 0 spiro atoms. The maximum atomic E-state index is 12.4. The van der Waals surface area contributed by atoms with Gasteiger partial charge in [-0.15, -0.1) is 0 Å². The lowest BCUT2D eigenvalue weighted by molar-refractivity contribution is 0.194. The van der Waals surface area contributed by atoms with Crippen molar-refractivity contribution in [3.63, 3.8) is 0 Å². The molecule has 0 unspecified atom stereocenters. The molecule has 0 fully saturated rings. The Hall–Kier alpha value is -3.26. The molecule has 136 valence electrons. The highest BCUT2D eigenvalue weighted by atomic mass is 16.1. The summed E-state index contributed by atoms with van der Waals surface area (Å²) in [5, 5.41) is 3.01. The summed E-state index contributed by atoms with van der Waals surface area (Å²) in [6.07, 6.45) is 4.42. The predicted octanol–water partition coefficient (Wildman–Crippen LogP) is 1.60. The topological polar surface area (TPSA) is 95.0 Å². The molecule has 1 atom stereocenters. The summed E-state index contributed by atoms with van der Waals surface area (Å²) in [6, 6.07) is 9.33. The normalized spacial score (nSPS) is 17.3. The van der Waals surface area contributed by atoms with E-state index in [1.54, 1.807) is 18.6 Å². The minimum Gasteiger partial charge on any atom is -0.348 e. The van der Waals surface area contributed by atoms with Crippen molar-refractivity contribution < 1.29 is 0 Å². The highest BCUT2D eigenvalue weighted by molar-refractivity contribution is 5.39. The van der Waals surface area contributed by atoms with E-state index in [9.17, 15) is 4.79 Å². The van der Waals surface area contributed by atoms with Crippen LogP contribution in [0, 0.1) is 6.92 Å². The number of nitrogens with one attached hydrogen (secondary N) is 2. The molecule has 5 heterocycles. The lowest BCUT2D eigenvalue weighted by Crippen LogP contribution is -2.36. The Kier molecular flexibility index (Phi) is 3.64. The van der Waals surface area contributed by atoms with Crippen molar-refractivity contribution in [3.05, 3.63) is 81.7 Å². The minimum absolute atomic E-state index is 0.0607. The van der Waals surface area contributed by atoms with Gasteiger partial charge in [-0.1, -0.05) is 6.07 Å².